The van der Waals surface area contributed by atoms with Gasteiger partial charge in [0.15, 0.2) is 11.4 Å². The molecule has 95 heavy (non-hydrogen) atoms. The molecule has 5 aliphatic heterocycles. The molecule has 5 fully saturated rings. The molecule has 0 bridgehead atoms. The van der Waals surface area contributed by atoms with Crippen molar-refractivity contribution in [1.29, 1.82) is 0 Å². The summed E-state index contributed by atoms with van der Waals surface area (Å²) in [7, 11) is 13.4. The number of hydrogen-bond acceptors (Lipinski definition) is 15. The van der Waals surface area contributed by atoms with E-state index in [9.17, 15) is 53.9 Å². The number of phenols is 2. The molecule has 5 aromatic heterocycles. The van der Waals surface area contributed by atoms with E-state index in [0.717, 1.165) is 69.8 Å². The van der Waals surface area contributed by atoms with Gasteiger partial charge in [0.05, 0.1) is 34.8 Å². The average molecular weight is 1310 g/mol. The number of hydrogen-bond donors (Lipinski definition) is 5. The van der Waals surface area contributed by atoms with Gasteiger partial charge in [0.2, 0.25) is 5.75 Å². The predicted octanol–water partition coefficient (Wildman–Crippen LogP) is 1.02. The largest absolute Gasteiger partial charge is 0.565 e. The highest BCUT2D eigenvalue weighted by atomic mass is 16.6. The number of para-hydroxylation sites is 2. The number of aromatic nitrogens is 5. The summed E-state index contributed by atoms with van der Waals surface area (Å²) in [5, 5.41) is 43.2. The Morgan fingerprint density at radius 3 is 1.03 bits per heavy atom. The van der Waals surface area contributed by atoms with E-state index in [2.05, 4.69) is 34.5 Å². The van der Waals surface area contributed by atoms with Crippen LogP contribution in [0.2, 0.25) is 0 Å². The Balaban J connectivity index is 0.000000169. The number of nitrogen functional groups attached to an aromatic ring is 1. The Morgan fingerprint density at radius 1 is 0.421 bits per heavy atom. The number of quaternary nitrogens is 1. The third kappa shape index (κ3) is 19.4. The number of nitro benzene ring substituents is 1. The molecule has 6 amide bonds. The van der Waals surface area contributed by atoms with Crippen LogP contribution in [0.1, 0.15) is 73.2 Å². The molecule has 12 rings (SSSR count). The predicted molar refractivity (Wildman–Crippen MR) is 357 cm³/mol. The highest BCUT2D eigenvalue weighted by Gasteiger charge is 2.31. The van der Waals surface area contributed by atoms with Crippen LogP contribution < -0.4 is 16.4 Å². The third-order valence-corrected chi connectivity index (χ3v) is 16.9. The zero-order valence-electron chi connectivity index (χ0n) is 55.3. The van der Waals surface area contributed by atoms with Crippen LogP contribution in [0.25, 0.3) is 0 Å². The minimum Gasteiger partial charge on any atom is -0.560 e. The van der Waals surface area contributed by atoms with Crippen molar-refractivity contribution in [3.05, 3.63) is 178 Å². The first-order valence-electron chi connectivity index (χ1n) is 31.5. The maximum Gasteiger partial charge on any atom is 0.565 e. The van der Waals surface area contributed by atoms with Crippen molar-refractivity contribution in [1.82, 2.24) is 67.4 Å². The molecule has 0 saturated carbocycles. The fourth-order valence-corrected chi connectivity index (χ4v) is 11.0. The van der Waals surface area contributed by atoms with Gasteiger partial charge in [-0.3, -0.25) is 43.8 Å². The number of benzene rings is 2. The smallest absolute Gasteiger partial charge is 0.560 e. The lowest BCUT2D eigenvalue weighted by Gasteiger charge is -2.35. The molecule has 510 valence electrons. The number of aromatic hydroxyl groups is 2. The van der Waals surface area contributed by atoms with Gasteiger partial charge in [-0.2, -0.15) is 0 Å². The summed E-state index contributed by atoms with van der Waals surface area (Å²) in [6.07, 6.45) is 9.16. The average Bonchev–Trinajstić information content (AvgIpc) is 1.47. The summed E-state index contributed by atoms with van der Waals surface area (Å²) in [5.74, 6) is -2.08. The molecule has 0 aliphatic carbocycles. The van der Waals surface area contributed by atoms with Gasteiger partial charge in [0.1, 0.15) is 22.8 Å². The van der Waals surface area contributed by atoms with Gasteiger partial charge in [-0.25, -0.2) is 0 Å². The number of rotatable bonds is 8. The highest BCUT2D eigenvalue weighted by molar-refractivity contribution is 6.00. The van der Waals surface area contributed by atoms with Crippen LogP contribution in [-0.4, -0.2) is 269 Å². The summed E-state index contributed by atoms with van der Waals surface area (Å²) in [5.41, 5.74) is 8.57. The van der Waals surface area contributed by atoms with Crippen LogP contribution >= 0.6 is 0 Å². The molecular formula is C66H91N17O12+2. The second-order valence-electron chi connectivity index (χ2n) is 23.5. The summed E-state index contributed by atoms with van der Waals surface area (Å²) < 4.78 is 8.88. The number of aryl methyl sites for hydroxylation is 5. The molecule has 29 nitrogen and oxygen atoms in total. The van der Waals surface area contributed by atoms with Crippen LogP contribution in [0, 0.1) is 10.1 Å². The van der Waals surface area contributed by atoms with E-state index < -0.39 is 28.2 Å². The molecular weight excluding hydrogens is 1220 g/mol. The van der Waals surface area contributed by atoms with E-state index >= 15 is 0 Å². The number of anilines is 1. The molecule has 0 unspecified atom stereocenters. The van der Waals surface area contributed by atoms with Crippen molar-refractivity contribution in [2.24, 2.45) is 35.2 Å². The van der Waals surface area contributed by atoms with Gasteiger partial charge >= 0.3 is 11.7 Å². The lowest BCUT2D eigenvalue weighted by Crippen LogP contribution is -2.89. The van der Waals surface area contributed by atoms with Crippen LogP contribution in [0.15, 0.2) is 128 Å². The Morgan fingerprint density at radius 2 is 0.726 bits per heavy atom. The molecule has 9 N–H and O–H groups in total. The topological polar surface area (TPSA) is 331 Å². The first-order valence-corrected chi connectivity index (χ1v) is 31.5. The number of amides is 6. The van der Waals surface area contributed by atoms with Crippen molar-refractivity contribution in [2.75, 3.05) is 151 Å². The van der Waals surface area contributed by atoms with Gasteiger partial charge in [0.25, 0.3) is 35.4 Å². The summed E-state index contributed by atoms with van der Waals surface area (Å²) >= 11 is 0. The number of carbonyl (C=O) groups excluding carboxylic acids is 7. The van der Waals surface area contributed by atoms with E-state index in [4.69, 9.17) is 10.8 Å². The minimum atomic E-state index is -0.734. The summed E-state index contributed by atoms with van der Waals surface area (Å²) in [6.45, 7) is 15.2. The SMILES string of the molecule is CN1CCN(C(=O)c2cccn2C)CC1.CN1CC[NH2+]CC1.Cn1cccc1C(=O)N1CCN(C(=O)c2cccc(N)c2O)CC1.Cn1cccc1C(=O)N1CCN(C(=O)c2cccc([N+](=O)[O-])c2O)CC1.Cn1cccc1C(=O)N1CCNCC1.Cn1cccc1C(=O)[OH2+]. The fourth-order valence-electron chi connectivity index (χ4n) is 11.0. The van der Waals surface area contributed by atoms with Crippen LogP contribution in [-0.2, 0) is 35.2 Å². The number of phenolic OH excluding ortho intramolecular Hbond substituents is 2. The lowest BCUT2D eigenvalue weighted by atomic mass is 10.1. The Labute approximate surface area is 552 Å². The van der Waals surface area contributed by atoms with Crippen molar-refractivity contribution in [3.8, 4) is 11.5 Å². The monoisotopic (exact) mass is 1310 g/mol. The number of nitrogens with one attached hydrogen (secondary N) is 1. The molecule has 5 saturated heterocycles. The van der Waals surface area contributed by atoms with Crippen LogP contribution in [0.4, 0.5) is 11.4 Å². The standard InChI is InChI=1S/C17H18N4O5.C17H20N4O3.C11H17N3O.C10H15N3O.C6H7NO2.C5H12N2/c1-18-7-3-6-14(18)17(24)20-10-8-19(9-11-20)16(23)12-4-2-5-13(15(12)22)21(25)26;1-19-7-3-6-14(19)17(24)21-10-8-20(9-11-21)16(23)12-4-2-5-13(18)15(12)22;1-12-6-8-14(9-7-12)11(15)10-4-3-5-13(10)2;1-12-6-2-3-9(12)10(14)13-7-4-11-5-8-13;1-7-4-2-3-5(7)6(8)9;1-7-4-2-6-3-5-7/h2-7,22H,8-11H2,1H3;2-7,22H,8-11,18H2,1H3;3-5H,6-9H2,1-2H3;2-3,6,11H,4-5,7-8H2,1H3;2-4H,1H3,(H,8,9);6H,2-5H2,1H3/p+2. The molecule has 0 atom stereocenters. The quantitative estimate of drug-likeness (QED) is 0.0466. The first kappa shape index (κ1) is 72.2. The van der Waals surface area contributed by atoms with E-state index in [-0.39, 0.29) is 65.2 Å². The van der Waals surface area contributed by atoms with E-state index in [1.165, 1.54) is 43.2 Å². The Kier molecular flexibility index (Phi) is 26.3. The van der Waals surface area contributed by atoms with Gasteiger partial charge in [-0.1, -0.05) is 12.1 Å². The number of likely N-dealkylation sites (N-methyl/N-ethyl adjacent to an activating group) is 2. The normalized spacial score (nSPS) is 15.8. The van der Waals surface area contributed by atoms with Gasteiger partial charge < -0.3 is 88.8 Å². The maximum atomic E-state index is 12.6. The van der Waals surface area contributed by atoms with Gasteiger partial charge in [0, 0.05) is 195 Å². The van der Waals surface area contributed by atoms with Gasteiger partial charge in [-0.05, 0) is 93.0 Å². The number of piperazine rings is 5. The number of nitro groups is 1. The third-order valence-electron chi connectivity index (χ3n) is 16.9. The second kappa shape index (κ2) is 34.6. The molecule has 2 aromatic carbocycles. The summed E-state index contributed by atoms with van der Waals surface area (Å²) in [6, 6.07) is 26.6. The minimum absolute atomic E-state index is 0.0404. The van der Waals surface area contributed by atoms with Crippen LogP contribution in [0.5, 0.6) is 11.5 Å². The lowest BCUT2D eigenvalue weighted by molar-refractivity contribution is -0.662. The van der Waals surface area contributed by atoms with Crippen molar-refractivity contribution in [2.45, 2.75) is 0 Å². The van der Waals surface area contributed by atoms with Crippen molar-refractivity contribution >= 4 is 52.8 Å². The van der Waals surface area contributed by atoms with Crippen LogP contribution in [0.3, 0.4) is 0 Å². The van der Waals surface area contributed by atoms with E-state index in [0.29, 0.717) is 56.4 Å². The molecule has 0 spiro atoms. The molecule has 5 aliphatic rings. The fraction of sp³-hybridized carbons (Fsp3) is 0.409. The number of nitrogens with two attached hydrogens (primary N) is 2. The maximum absolute atomic E-state index is 12.6. The first-order chi connectivity index (χ1) is 45.5. The zero-order chi connectivity index (χ0) is 68.9. The molecule has 7 aromatic rings. The molecule has 10 heterocycles. The molecule has 29 heteroatoms. The Hall–Kier alpha value is -10.2. The second-order valence-corrected chi connectivity index (χ2v) is 23.5. The van der Waals surface area contributed by atoms with Crippen molar-refractivity contribution < 1.29 is 59.1 Å². The van der Waals surface area contributed by atoms with Gasteiger partial charge in [-0.15, -0.1) is 0 Å². The zero-order valence-corrected chi connectivity index (χ0v) is 55.3. The summed E-state index contributed by atoms with van der Waals surface area (Å²) in [4.78, 5) is 110. The Bertz CT molecular complexity index is 3720. The number of nitrogens with zero attached hydrogens (tertiary/aromatic N) is 14. The molecule has 0 radical (unpaired) electrons. The number of carbonyl (C=O) groups is 7. The van der Waals surface area contributed by atoms with E-state index in [1.54, 1.807) is 103 Å². The van der Waals surface area contributed by atoms with E-state index in [1.807, 2.05) is 89.0 Å². The highest BCUT2D eigenvalue weighted by Crippen LogP contribution is 2.31. The van der Waals surface area contributed by atoms with Crippen molar-refractivity contribution in [3.63, 3.8) is 0 Å².